The van der Waals surface area contributed by atoms with E-state index >= 15 is 0 Å². The van der Waals surface area contributed by atoms with E-state index in [1.165, 1.54) is 11.3 Å². The number of rotatable bonds is 3. The predicted molar refractivity (Wildman–Crippen MR) is 95.7 cm³/mol. The van der Waals surface area contributed by atoms with Gasteiger partial charge >= 0.3 is 0 Å². The number of ether oxygens (including phenoxy) is 1. The van der Waals surface area contributed by atoms with E-state index in [-0.39, 0.29) is 36.4 Å². The van der Waals surface area contributed by atoms with Crippen LogP contribution in [0.5, 0.6) is 0 Å². The molecule has 1 aromatic rings. The van der Waals surface area contributed by atoms with Gasteiger partial charge in [-0.2, -0.15) is 0 Å². The molecule has 24 heavy (non-hydrogen) atoms. The summed E-state index contributed by atoms with van der Waals surface area (Å²) in [4.78, 5) is 30.4. The maximum absolute atomic E-state index is 12.5. The fraction of sp³-hybridized carbons (Fsp3) is 0.625. The monoisotopic (exact) mass is 373 g/mol. The Morgan fingerprint density at radius 3 is 2.42 bits per heavy atom. The Hall–Kier alpha value is -1.15. The van der Waals surface area contributed by atoms with E-state index in [0.29, 0.717) is 32.7 Å². The number of halogens is 1. The van der Waals surface area contributed by atoms with Gasteiger partial charge in [0.05, 0.1) is 11.0 Å². The largest absolute Gasteiger partial charge is 0.364 e. The average molecular weight is 374 g/mol. The Labute approximate surface area is 152 Å². The molecule has 3 rings (SSSR count). The zero-order valence-electron chi connectivity index (χ0n) is 13.8. The van der Waals surface area contributed by atoms with Crippen LogP contribution < -0.4 is 5.73 Å². The Morgan fingerprint density at radius 1 is 1.21 bits per heavy atom. The van der Waals surface area contributed by atoms with Crippen LogP contribution in [0.3, 0.4) is 0 Å². The van der Waals surface area contributed by atoms with Crippen molar-refractivity contribution in [3.8, 4) is 0 Å². The second-order valence-electron chi connectivity index (χ2n) is 6.09. The second kappa shape index (κ2) is 8.29. The summed E-state index contributed by atoms with van der Waals surface area (Å²) >= 11 is 1.52. The number of piperazine rings is 1. The smallest absolute Gasteiger partial charge is 0.264 e. The number of carbonyl (C=O) groups is 2. The average Bonchev–Trinajstić information content (AvgIpc) is 3.22. The number of hydrogen-bond acceptors (Lipinski definition) is 5. The first-order valence-electron chi connectivity index (χ1n) is 8.08. The summed E-state index contributed by atoms with van der Waals surface area (Å²) in [5.74, 6) is 0.107. The van der Waals surface area contributed by atoms with E-state index in [4.69, 9.17) is 10.5 Å². The molecule has 0 saturated carbocycles. The quantitative estimate of drug-likeness (QED) is 0.865. The van der Waals surface area contributed by atoms with Gasteiger partial charge in [-0.05, 0) is 31.9 Å². The third-order valence-electron chi connectivity index (χ3n) is 4.48. The van der Waals surface area contributed by atoms with E-state index in [2.05, 4.69) is 0 Å². The molecular weight excluding hydrogens is 350 g/mol. The maximum atomic E-state index is 12.5. The molecule has 0 spiro atoms. The van der Waals surface area contributed by atoms with Crippen molar-refractivity contribution < 1.29 is 14.3 Å². The van der Waals surface area contributed by atoms with Crippen LogP contribution in [0, 0.1) is 6.92 Å². The van der Waals surface area contributed by atoms with E-state index < -0.39 is 0 Å². The van der Waals surface area contributed by atoms with Gasteiger partial charge in [0.25, 0.3) is 11.8 Å². The van der Waals surface area contributed by atoms with Crippen LogP contribution in [0.2, 0.25) is 0 Å². The van der Waals surface area contributed by atoms with Gasteiger partial charge in [-0.3, -0.25) is 9.59 Å². The molecule has 0 aromatic carbocycles. The lowest BCUT2D eigenvalue weighted by atomic mass is 10.1. The van der Waals surface area contributed by atoms with Gasteiger partial charge in [0, 0.05) is 37.6 Å². The number of aryl methyl sites for hydroxylation is 1. The number of hydrogen-bond donors (Lipinski definition) is 1. The highest BCUT2D eigenvalue weighted by Gasteiger charge is 2.34. The summed E-state index contributed by atoms with van der Waals surface area (Å²) in [6, 6.07) is 3.84. The molecule has 2 saturated heterocycles. The van der Waals surface area contributed by atoms with Gasteiger partial charge < -0.3 is 20.3 Å². The molecule has 0 bridgehead atoms. The first-order valence-corrected chi connectivity index (χ1v) is 8.90. The minimum atomic E-state index is -0.356. The third kappa shape index (κ3) is 4.08. The summed E-state index contributed by atoms with van der Waals surface area (Å²) < 4.78 is 5.68. The number of thiophene rings is 1. The second-order valence-corrected chi connectivity index (χ2v) is 7.38. The lowest BCUT2D eigenvalue weighted by molar-refractivity contribution is -0.144. The molecule has 2 aliphatic heterocycles. The molecule has 2 fully saturated rings. The Morgan fingerprint density at radius 2 is 1.88 bits per heavy atom. The van der Waals surface area contributed by atoms with Gasteiger partial charge in [0.15, 0.2) is 0 Å². The highest BCUT2D eigenvalue weighted by Crippen LogP contribution is 2.22. The fourth-order valence-electron chi connectivity index (χ4n) is 3.10. The van der Waals surface area contributed by atoms with E-state index in [9.17, 15) is 9.59 Å². The van der Waals surface area contributed by atoms with Crippen LogP contribution in [-0.4, -0.2) is 66.5 Å². The van der Waals surface area contributed by atoms with Crippen LogP contribution in [0.25, 0.3) is 0 Å². The number of nitrogens with zero attached hydrogens (tertiary/aromatic N) is 2. The van der Waals surface area contributed by atoms with Crippen LogP contribution in [0.4, 0.5) is 0 Å². The lowest BCUT2D eigenvalue weighted by Crippen LogP contribution is -2.52. The van der Waals surface area contributed by atoms with Crippen molar-refractivity contribution in [2.24, 2.45) is 5.73 Å². The van der Waals surface area contributed by atoms with Gasteiger partial charge in [-0.1, -0.05) is 0 Å². The summed E-state index contributed by atoms with van der Waals surface area (Å²) in [6.07, 6.45) is 1.25. The Bertz CT molecular complexity index is 587. The SMILES string of the molecule is Cc1ccc(C(=O)N2CCN(C(=O)[C@@H]3CC[C@H](CN)O3)CC2)s1.Cl. The highest BCUT2D eigenvalue weighted by molar-refractivity contribution is 7.13. The van der Waals surface area contributed by atoms with Crippen LogP contribution in [0.15, 0.2) is 12.1 Å². The van der Waals surface area contributed by atoms with E-state index in [1.54, 1.807) is 0 Å². The standard InChI is InChI=1S/C16H23N3O3S.ClH/c1-11-2-5-14(23-11)16(21)19-8-6-18(7-9-19)15(20)13-4-3-12(10-17)22-13;/h2,5,12-13H,3-4,6-10,17H2,1H3;1H/t12-,13+;/m1./s1. The number of nitrogens with two attached hydrogens (primary N) is 1. The number of amides is 2. The summed E-state index contributed by atoms with van der Waals surface area (Å²) in [7, 11) is 0. The Balaban J connectivity index is 0.00000208. The summed E-state index contributed by atoms with van der Waals surface area (Å²) in [6.45, 7) is 4.76. The topological polar surface area (TPSA) is 75.9 Å². The minimum absolute atomic E-state index is 0. The van der Waals surface area contributed by atoms with Gasteiger partial charge in [0.2, 0.25) is 0 Å². The van der Waals surface area contributed by atoms with Gasteiger partial charge in [-0.25, -0.2) is 0 Å². The number of carbonyl (C=O) groups excluding carboxylic acids is 2. The predicted octanol–water partition coefficient (Wildman–Crippen LogP) is 1.27. The molecule has 2 aliphatic rings. The highest BCUT2D eigenvalue weighted by atomic mass is 35.5. The molecular formula is C16H24ClN3O3S. The molecule has 1 aromatic heterocycles. The maximum Gasteiger partial charge on any atom is 0.264 e. The molecule has 2 N–H and O–H groups in total. The van der Waals surface area contributed by atoms with Crippen LogP contribution in [-0.2, 0) is 9.53 Å². The van der Waals surface area contributed by atoms with Crippen molar-refractivity contribution in [2.75, 3.05) is 32.7 Å². The van der Waals surface area contributed by atoms with Gasteiger partial charge in [0.1, 0.15) is 6.10 Å². The molecule has 6 nitrogen and oxygen atoms in total. The summed E-state index contributed by atoms with van der Waals surface area (Å²) in [5, 5.41) is 0. The molecule has 134 valence electrons. The van der Waals surface area contributed by atoms with Crippen LogP contribution >= 0.6 is 23.7 Å². The first kappa shape index (κ1) is 19.2. The van der Waals surface area contributed by atoms with E-state index in [1.807, 2.05) is 28.9 Å². The van der Waals surface area contributed by atoms with Crippen molar-refractivity contribution in [2.45, 2.75) is 32.0 Å². The third-order valence-corrected chi connectivity index (χ3v) is 5.46. The van der Waals surface area contributed by atoms with Crippen molar-refractivity contribution in [1.29, 1.82) is 0 Å². The minimum Gasteiger partial charge on any atom is -0.364 e. The zero-order chi connectivity index (χ0) is 16.4. The molecule has 3 heterocycles. The van der Waals surface area contributed by atoms with Crippen molar-refractivity contribution in [3.63, 3.8) is 0 Å². The van der Waals surface area contributed by atoms with Crippen molar-refractivity contribution >= 4 is 35.6 Å². The molecule has 2 atom stereocenters. The zero-order valence-corrected chi connectivity index (χ0v) is 15.4. The normalized spacial score (nSPS) is 23.9. The molecule has 0 unspecified atom stereocenters. The van der Waals surface area contributed by atoms with Crippen molar-refractivity contribution in [1.82, 2.24) is 9.80 Å². The Kier molecular flexibility index (Phi) is 6.62. The lowest BCUT2D eigenvalue weighted by Gasteiger charge is -2.35. The van der Waals surface area contributed by atoms with Crippen molar-refractivity contribution in [3.05, 3.63) is 21.9 Å². The van der Waals surface area contributed by atoms with Crippen LogP contribution in [0.1, 0.15) is 27.4 Å². The first-order chi connectivity index (χ1) is 11.1. The molecule has 0 aliphatic carbocycles. The fourth-order valence-corrected chi connectivity index (χ4v) is 3.94. The summed E-state index contributed by atoms with van der Waals surface area (Å²) in [5.41, 5.74) is 5.59. The van der Waals surface area contributed by atoms with E-state index in [0.717, 1.165) is 22.6 Å². The van der Waals surface area contributed by atoms with Gasteiger partial charge in [-0.15, -0.1) is 23.7 Å². The molecule has 2 amide bonds. The molecule has 0 radical (unpaired) electrons. The molecule has 8 heteroatoms.